The second-order valence-electron chi connectivity index (χ2n) is 6.12. The van der Waals surface area contributed by atoms with Crippen molar-refractivity contribution >= 4 is 50.5 Å². The summed E-state index contributed by atoms with van der Waals surface area (Å²) in [6.07, 6.45) is 0.776. The first kappa shape index (κ1) is 17.6. The molecule has 3 aromatic rings. The van der Waals surface area contributed by atoms with Crippen LogP contribution >= 0.6 is 39.1 Å². The molecule has 0 fully saturated rings. The number of hydrogen-bond donors (Lipinski definition) is 0. The van der Waals surface area contributed by atoms with Crippen LogP contribution in [0.25, 0.3) is 0 Å². The molecule has 0 N–H and O–H groups in total. The van der Waals surface area contributed by atoms with Gasteiger partial charge in [-0.2, -0.15) is 5.10 Å². The summed E-state index contributed by atoms with van der Waals surface area (Å²) in [5.41, 5.74) is 4.15. The quantitative estimate of drug-likeness (QED) is 0.419. The van der Waals surface area contributed by atoms with Crippen LogP contribution in [0.15, 0.2) is 82.4 Å². The van der Waals surface area contributed by atoms with Crippen molar-refractivity contribution in [1.82, 2.24) is 0 Å². The van der Waals surface area contributed by atoms with E-state index in [0.29, 0.717) is 5.02 Å². The molecule has 1 aliphatic heterocycles. The molecule has 3 aromatic carbocycles. The Kier molecular flexibility index (Phi) is 5.03. The second-order valence-corrected chi connectivity index (χ2v) is 7.88. The van der Waals surface area contributed by atoms with Crippen molar-refractivity contribution < 1.29 is 0 Å². The lowest BCUT2D eigenvalue weighted by Crippen LogP contribution is -2.18. The molecule has 1 aliphatic rings. The molecule has 1 unspecified atom stereocenters. The van der Waals surface area contributed by atoms with E-state index in [1.54, 1.807) is 0 Å². The average molecular weight is 446 g/mol. The van der Waals surface area contributed by atoms with Gasteiger partial charge in [0.15, 0.2) is 0 Å². The van der Waals surface area contributed by atoms with Gasteiger partial charge in [0.1, 0.15) is 0 Å². The molecule has 4 rings (SSSR count). The molecular weight excluding hydrogens is 431 g/mol. The molecule has 0 amide bonds. The van der Waals surface area contributed by atoms with Gasteiger partial charge in [-0.3, -0.25) is 5.01 Å². The molecule has 1 heterocycles. The fourth-order valence-corrected chi connectivity index (χ4v) is 3.88. The first-order chi connectivity index (χ1) is 12.6. The summed E-state index contributed by atoms with van der Waals surface area (Å²) in [5, 5.41) is 8.37. The Bertz CT molecular complexity index is 970. The van der Waals surface area contributed by atoms with Crippen molar-refractivity contribution in [2.24, 2.45) is 5.10 Å². The van der Waals surface area contributed by atoms with Crippen LogP contribution in [0, 0.1) is 0 Å². The highest BCUT2D eigenvalue weighted by Gasteiger charge is 2.31. The lowest BCUT2D eigenvalue weighted by Gasteiger charge is -2.24. The lowest BCUT2D eigenvalue weighted by atomic mass is 9.98. The van der Waals surface area contributed by atoms with E-state index in [0.717, 1.165) is 38.4 Å². The zero-order valence-corrected chi connectivity index (χ0v) is 16.8. The summed E-state index contributed by atoms with van der Waals surface area (Å²) < 4.78 is 1.05. The number of hydrogen-bond acceptors (Lipinski definition) is 2. The molecule has 5 heteroatoms. The summed E-state index contributed by atoms with van der Waals surface area (Å²) in [6.45, 7) is 0. The fourth-order valence-electron chi connectivity index (χ4n) is 3.17. The van der Waals surface area contributed by atoms with E-state index in [2.05, 4.69) is 34.1 Å². The maximum Gasteiger partial charge on any atom is 0.0846 e. The van der Waals surface area contributed by atoms with Crippen molar-refractivity contribution in [3.63, 3.8) is 0 Å². The number of nitrogens with zero attached hydrogens (tertiary/aromatic N) is 2. The molecule has 26 heavy (non-hydrogen) atoms. The Morgan fingerprint density at radius 3 is 2.42 bits per heavy atom. The minimum Gasteiger partial charge on any atom is -0.257 e. The van der Waals surface area contributed by atoms with Crippen LogP contribution in [0.3, 0.4) is 0 Å². The van der Waals surface area contributed by atoms with Crippen molar-refractivity contribution in [1.29, 1.82) is 0 Å². The summed E-state index contributed by atoms with van der Waals surface area (Å²) in [4.78, 5) is 0. The second kappa shape index (κ2) is 7.43. The number of hydrazone groups is 1. The van der Waals surface area contributed by atoms with Crippen LogP contribution in [0.2, 0.25) is 10.0 Å². The largest absolute Gasteiger partial charge is 0.257 e. The van der Waals surface area contributed by atoms with E-state index in [-0.39, 0.29) is 6.04 Å². The molecule has 1 atom stereocenters. The van der Waals surface area contributed by atoms with Gasteiger partial charge >= 0.3 is 0 Å². The molecule has 0 saturated carbocycles. The monoisotopic (exact) mass is 444 g/mol. The highest BCUT2D eigenvalue weighted by molar-refractivity contribution is 9.10. The van der Waals surface area contributed by atoms with Gasteiger partial charge in [0.05, 0.1) is 17.4 Å². The first-order valence-electron chi connectivity index (χ1n) is 8.24. The van der Waals surface area contributed by atoms with E-state index < -0.39 is 0 Å². The van der Waals surface area contributed by atoms with Crippen molar-refractivity contribution in [3.05, 3.63) is 98.4 Å². The highest BCUT2D eigenvalue weighted by Crippen LogP contribution is 2.39. The zero-order chi connectivity index (χ0) is 18.1. The molecular formula is C21H15BrCl2N2. The highest BCUT2D eigenvalue weighted by atomic mass is 79.9. The van der Waals surface area contributed by atoms with Gasteiger partial charge in [0, 0.05) is 20.9 Å². The molecule has 130 valence electrons. The van der Waals surface area contributed by atoms with Crippen LogP contribution in [0.5, 0.6) is 0 Å². The van der Waals surface area contributed by atoms with Gasteiger partial charge in [0.25, 0.3) is 0 Å². The van der Waals surface area contributed by atoms with Crippen LogP contribution in [0.1, 0.15) is 23.6 Å². The van der Waals surface area contributed by atoms with Crippen molar-refractivity contribution in [2.45, 2.75) is 12.5 Å². The average Bonchev–Trinajstić information content (AvgIpc) is 3.08. The zero-order valence-electron chi connectivity index (χ0n) is 13.7. The minimum atomic E-state index is 0.0285. The number of anilines is 1. The summed E-state index contributed by atoms with van der Waals surface area (Å²) >= 11 is 16.2. The molecule has 2 nitrogen and oxygen atoms in total. The standard InChI is InChI=1S/C21H15BrCl2N2/c22-15-10-8-14(9-11-15)20-13-21(18-6-1-2-7-19(18)24)26(25-20)17-5-3-4-16(23)12-17/h1-12,21H,13H2. The van der Waals surface area contributed by atoms with Crippen LogP contribution in [-0.4, -0.2) is 5.71 Å². The predicted molar refractivity (Wildman–Crippen MR) is 113 cm³/mol. The number of benzene rings is 3. The van der Waals surface area contributed by atoms with Gasteiger partial charge in [-0.1, -0.05) is 75.5 Å². The van der Waals surface area contributed by atoms with Crippen molar-refractivity contribution in [3.8, 4) is 0 Å². The van der Waals surface area contributed by atoms with Gasteiger partial charge in [-0.15, -0.1) is 0 Å². The fraction of sp³-hybridized carbons (Fsp3) is 0.0952. The van der Waals surface area contributed by atoms with E-state index >= 15 is 0 Å². The molecule has 0 saturated heterocycles. The van der Waals surface area contributed by atoms with Gasteiger partial charge in [-0.05, 0) is 47.5 Å². The molecule has 0 radical (unpaired) electrons. The Morgan fingerprint density at radius 2 is 1.69 bits per heavy atom. The topological polar surface area (TPSA) is 15.6 Å². The molecule has 0 aliphatic carbocycles. The molecule has 0 bridgehead atoms. The minimum absolute atomic E-state index is 0.0285. The van der Waals surface area contributed by atoms with Crippen molar-refractivity contribution in [2.75, 3.05) is 5.01 Å². The smallest absolute Gasteiger partial charge is 0.0846 e. The third kappa shape index (κ3) is 3.52. The Morgan fingerprint density at radius 1 is 0.923 bits per heavy atom. The van der Waals surface area contributed by atoms with Crippen LogP contribution in [-0.2, 0) is 0 Å². The normalized spacial score (nSPS) is 16.7. The number of halogens is 3. The Hall–Kier alpha value is -1.81. The Labute approximate surface area is 171 Å². The summed E-state index contributed by atoms with van der Waals surface area (Å²) in [5.74, 6) is 0. The Balaban J connectivity index is 1.78. The molecule has 0 aromatic heterocycles. The summed E-state index contributed by atoms with van der Waals surface area (Å²) in [7, 11) is 0. The van der Waals surface area contributed by atoms with E-state index in [4.69, 9.17) is 28.3 Å². The lowest BCUT2D eigenvalue weighted by molar-refractivity contribution is 0.709. The van der Waals surface area contributed by atoms with E-state index in [1.807, 2.05) is 59.6 Å². The van der Waals surface area contributed by atoms with E-state index in [1.165, 1.54) is 0 Å². The maximum absolute atomic E-state index is 6.49. The maximum atomic E-state index is 6.49. The molecule has 0 spiro atoms. The third-order valence-electron chi connectivity index (χ3n) is 4.42. The third-order valence-corrected chi connectivity index (χ3v) is 5.53. The first-order valence-corrected chi connectivity index (χ1v) is 9.79. The SMILES string of the molecule is Clc1cccc(N2N=C(c3ccc(Br)cc3)CC2c2ccccc2Cl)c1. The number of rotatable bonds is 3. The van der Waals surface area contributed by atoms with Crippen LogP contribution in [0.4, 0.5) is 5.69 Å². The van der Waals surface area contributed by atoms with Gasteiger partial charge in [-0.25, -0.2) is 0 Å². The van der Waals surface area contributed by atoms with Gasteiger partial charge in [0.2, 0.25) is 0 Å². The summed E-state index contributed by atoms with van der Waals surface area (Å²) in [6, 6.07) is 23.9. The van der Waals surface area contributed by atoms with Crippen LogP contribution < -0.4 is 5.01 Å². The predicted octanol–water partition coefficient (Wildman–Crippen LogP) is 7.11. The van der Waals surface area contributed by atoms with E-state index in [9.17, 15) is 0 Å². The van der Waals surface area contributed by atoms with Gasteiger partial charge < -0.3 is 0 Å².